The molecule has 5 rings (SSSR count). The Morgan fingerprint density at radius 1 is 1.15 bits per heavy atom. The molecule has 1 fully saturated rings. The fraction of sp³-hybridized carbons (Fsp3) is 0.310. The number of nitrogens with zero attached hydrogens (tertiary/aromatic N) is 5. The molecule has 1 aromatic carbocycles. The van der Waals surface area contributed by atoms with Crippen molar-refractivity contribution >= 4 is 34.7 Å². The number of likely N-dealkylation sites (tertiary alicyclic amines) is 1. The minimum atomic E-state index is 0.464. The molecule has 0 aliphatic carbocycles. The second-order valence-electron chi connectivity index (χ2n) is 9.07. The molecule has 0 saturated carbocycles. The van der Waals surface area contributed by atoms with Gasteiger partial charge in [0.1, 0.15) is 17.6 Å². The monoisotopic (exact) mass is 558 g/mol. The summed E-state index contributed by atoms with van der Waals surface area (Å²) in [5.74, 6) is 1.90. The molecular formula is C29H30N6O2S2. The van der Waals surface area contributed by atoms with Crippen LogP contribution in [0.15, 0.2) is 59.2 Å². The van der Waals surface area contributed by atoms with Crippen molar-refractivity contribution in [2.24, 2.45) is 0 Å². The zero-order valence-electron chi connectivity index (χ0n) is 22.0. The number of anilines is 2. The highest BCUT2D eigenvalue weighted by atomic mass is 32.2. The molecule has 0 bridgehead atoms. The summed E-state index contributed by atoms with van der Waals surface area (Å²) in [6.45, 7) is 4.18. The Bertz CT molecular complexity index is 1460. The lowest BCUT2D eigenvalue weighted by Gasteiger charge is -2.14. The number of pyridine rings is 1. The van der Waals surface area contributed by atoms with Gasteiger partial charge in [-0.3, -0.25) is 4.98 Å². The van der Waals surface area contributed by atoms with Gasteiger partial charge in [0.25, 0.3) is 0 Å². The third kappa shape index (κ3) is 6.50. The predicted octanol–water partition coefficient (Wildman–Crippen LogP) is 6.48. The minimum Gasteiger partial charge on any atom is -0.495 e. The highest BCUT2D eigenvalue weighted by molar-refractivity contribution is 8.00. The maximum atomic E-state index is 10.0. The van der Waals surface area contributed by atoms with Crippen LogP contribution in [0.4, 0.5) is 11.6 Å². The van der Waals surface area contributed by atoms with Crippen LogP contribution in [0.2, 0.25) is 0 Å². The van der Waals surface area contributed by atoms with Crippen LogP contribution in [0.1, 0.15) is 24.8 Å². The summed E-state index contributed by atoms with van der Waals surface area (Å²) in [4.78, 5) is 16.9. The molecule has 39 heavy (non-hydrogen) atoms. The topological polar surface area (TPSA) is 96.2 Å². The largest absolute Gasteiger partial charge is 0.495 e. The molecule has 200 valence electrons. The fourth-order valence-electron chi connectivity index (χ4n) is 4.60. The molecule has 1 N–H and O–H groups in total. The second-order valence-corrected chi connectivity index (χ2v) is 11.2. The third-order valence-corrected chi connectivity index (χ3v) is 8.81. The van der Waals surface area contributed by atoms with E-state index >= 15 is 0 Å². The average Bonchev–Trinajstić information content (AvgIpc) is 3.63. The highest BCUT2D eigenvalue weighted by Crippen LogP contribution is 2.46. The van der Waals surface area contributed by atoms with E-state index in [2.05, 4.69) is 26.3 Å². The van der Waals surface area contributed by atoms with E-state index in [0.717, 1.165) is 50.3 Å². The van der Waals surface area contributed by atoms with E-state index in [1.165, 1.54) is 25.9 Å². The number of aromatic nitrogens is 3. The summed E-state index contributed by atoms with van der Waals surface area (Å²) in [6, 6.07) is 14.0. The summed E-state index contributed by atoms with van der Waals surface area (Å²) in [5.41, 5.74) is 3.78. The van der Waals surface area contributed by atoms with Gasteiger partial charge in [0.15, 0.2) is 0 Å². The molecule has 8 nitrogen and oxygen atoms in total. The van der Waals surface area contributed by atoms with Crippen LogP contribution in [0, 0.1) is 11.3 Å². The minimum absolute atomic E-state index is 0.464. The Kier molecular flexibility index (Phi) is 8.93. The van der Waals surface area contributed by atoms with Gasteiger partial charge >= 0.3 is 0 Å². The van der Waals surface area contributed by atoms with E-state index in [0.29, 0.717) is 23.9 Å². The zero-order chi connectivity index (χ0) is 27.0. The van der Waals surface area contributed by atoms with Crippen molar-refractivity contribution in [1.29, 1.82) is 5.26 Å². The van der Waals surface area contributed by atoms with E-state index in [1.54, 1.807) is 48.8 Å². The van der Waals surface area contributed by atoms with E-state index < -0.39 is 0 Å². The standard InChI is InChI=1S/C29H30N6O2S2/c1-36-23-15-20(18-31-19-23)26-24(17-30)28(38-2)39-27(26)25-9-10-32-29(34-25)33-21-7-5-8-22(16-21)37-14-6-13-35-11-3-4-12-35/h5,7-10,15-16,18-19H,3-4,6,11-14H2,1-2H3,(H,32,33,34). The number of methoxy groups -OCH3 is 1. The number of nitriles is 1. The van der Waals surface area contributed by atoms with Gasteiger partial charge in [-0.1, -0.05) is 6.07 Å². The number of hydrogen-bond acceptors (Lipinski definition) is 10. The fourth-order valence-corrected chi connectivity index (χ4v) is 6.51. The molecule has 10 heteroatoms. The molecule has 0 unspecified atom stereocenters. The van der Waals surface area contributed by atoms with Crippen molar-refractivity contribution in [3.8, 4) is 39.3 Å². The smallest absolute Gasteiger partial charge is 0.227 e. The van der Waals surface area contributed by atoms with E-state index in [-0.39, 0.29) is 0 Å². The van der Waals surface area contributed by atoms with E-state index in [4.69, 9.17) is 14.5 Å². The lowest BCUT2D eigenvalue weighted by atomic mass is 10.0. The van der Waals surface area contributed by atoms with Gasteiger partial charge in [0.2, 0.25) is 5.95 Å². The molecule has 0 atom stereocenters. The SMILES string of the molecule is COc1cncc(-c2c(-c3ccnc(Nc4cccc(OCCCN5CCCC5)c4)n3)sc(SC)c2C#N)c1. The lowest BCUT2D eigenvalue weighted by molar-refractivity contribution is 0.263. The van der Waals surface area contributed by atoms with Crippen LogP contribution in [0.5, 0.6) is 11.5 Å². The number of thioether (sulfide) groups is 1. The van der Waals surface area contributed by atoms with E-state index in [9.17, 15) is 5.26 Å². The summed E-state index contributed by atoms with van der Waals surface area (Å²) < 4.78 is 12.3. The second kappa shape index (κ2) is 12.9. The number of ether oxygens (including phenoxy) is 2. The van der Waals surface area contributed by atoms with Gasteiger partial charge in [-0.25, -0.2) is 9.97 Å². The number of benzene rings is 1. The maximum absolute atomic E-state index is 10.0. The Morgan fingerprint density at radius 2 is 2.03 bits per heavy atom. The van der Waals surface area contributed by atoms with Crippen molar-refractivity contribution in [3.05, 3.63) is 60.6 Å². The molecule has 0 radical (unpaired) electrons. The van der Waals surface area contributed by atoms with Gasteiger partial charge in [-0.15, -0.1) is 23.1 Å². The average molecular weight is 559 g/mol. The van der Waals surface area contributed by atoms with Crippen LogP contribution in [0.3, 0.4) is 0 Å². The first-order chi connectivity index (χ1) is 19.2. The van der Waals surface area contributed by atoms with Crippen LogP contribution in [-0.2, 0) is 0 Å². The van der Waals surface area contributed by atoms with Crippen molar-refractivity contribution < 1.29 is 9.47 Å². The van der Waals surface area contributed by atoms with Crippen LogP contribution in [-0.4, -0.2) is 59.5 Å². The van der Waals surface area contributed by atoms with E-state index in [1.807, 2.05) is 42.7 Å². The first-order valence-electron chi connectivity index (χ1n) is 12.8. The molecule has 4 aromatic rings. The maximum Gasteiger partial charge on any atom is 0.227 e. The molecule has 1 saturated heterocycles. The van der Waals surface area contributed by atoms with Gasteiger partial charge in [0.05, 0.1) is 40.3 Å². The highest BCUT2D eigenvalue weighted by Gasteiger charge is 2.22. The molecule has 4 heterocycles. The molecule has 1 aliphatic heterocycles. The molecule has 0 spiro atoms. The predicted molar refractivity (Wildman–Crippen MR) is 157 cm³/mol. The normalized spacial score (nSPS) is 13.3. The van der Waals surface area contributed by atoms with Crippen molar-refractivity contribution in [3.63, 3.8) is 0 Å². The quantitative estimate of drug-likeness (QED) is 0.164. The van der Waals surface area contributed by atoms with Gasteiger partial charge in [-0.2, -0.15) is 5.26 Å². The molecular weight excluding hydrogens is 528 g/mol. The molecule has 0 amide bonds. The Hall–Kier alpha value is -3.65. The summed E-state index contributed by atoms with van der Waals surface area (Å²) in [7, 11) is 1.60. The van der Waals surface area contributed by atoms with Gasteiger partial charge in [-0.05, 0) is 62.9 Å². The van der Waals surface area contributed by atoms with Gasteiger partial charge < -0.3 is 19.7 Å². The molecule has 1 aliphatic rings. The Morgan fingerprint density at radius 3 is 2.82 bits per heavy atom. The first-order valence-corrected chi connectivity index (χ1v) is 14.9. The van der Waals surface area contributed by atoms with Crippen molar-refractivity contribution in [2.75, 3.05) is 44.9 Å². The number of hydrogen-bond donors (Lipinski definition) is 1. The Labute approximate surface area is 237 Å². The lowest BCUT2D eigenvalue weighted by Crippen LogP contribution is -2.21. The zero-order valence-corrected chi connectivity index (χ0v) is 23.6. The first kappa shape index (κ1) is 26.9. The van der Waals surface area contributed by atoms with Gasteiger partial charge in [0, 0.05) is 41.8 Å². The van der Waals surface area contributed by atoms with Crippen molar-refractivity contribution in [1.82, 2.24) is 19.9 Å². The number of rotatable bonds is 11. The summed E-state index contributed by atoms with van der Waals surface area (Å²) >= 11 is 3.09. The van der Waals surface area contributed by atoms with Crippen LogP contribution in [0.25, 0.3) is 21.7 Å². The van der Waals surface area contributed by atoms with Crippen LogP contribution >= 0.6 is 23.1 Å². The number of nitrogens with one attached hydrogen (secondary N) is 1. The third-order valence-electron chi connectivity index (χ3n) is 6.48. The Balaban J connectivity index is 1.36. The summed E-state index contributed by atoms with van der Waals surface area (Å²) in [6.07, 6.45) is 10.7. The summed E-state index contributed by atoms with van der Waals surface area (Å²) in [5, 5.41) is 13.3. The molecule has 3 aromatic heterocycles. The van der Waals surface area contributed by atoms with Crippen LogP contribution < -0.4 is 14.8 Å². The van der Waals surface area contributed by atoms with Crippen molar-refractivity contribution in [2.45, 2.75) is 23.5 Å². The number of thiophene rings is 1.